The van der Waals surface area contributed by atoms with Crippen LogP contribution in [0.4, 0.5) is 10.5 Å². The molecule has 9 nitrogen and oxygen atoms in total. The number of carboxylic acids is 1. The molecule has 0 unspecified atom stereocenters. The number of hydrogen-bond acceptors (Lipinski definition) is 7. The molecule has 0 radical (unpaired) electrons. The number of benzene rings is 3. The van der Waals surface area contributed by atoms with Crippen LogP contribution in [0.15, 0.2) is 77.7 Å². The molecule has 11 heteroatoms. The van der Waals surface area contributed by atoms with Crippen molar-refractivity contribution in [3.05, 3.63) is 83.9 Å². The first kappa shape index (κ1) is 33.6. The van der Waals surface area contributed by atoms with Crippen LogP contribution in [0.1, 0.15) is 50.2 Å². The summed E-state index contributed by atoms with van der Waals surface area (Å²) in [5, 5.41) is 14.8. The summed E-state index contributed by atoms with van der Waals surface area (Å²) in [7, 11) is -4.10. The van der Waals surface area contributed by atoms with Crippen LogP contribution in [0.2, 0.25) is 0 Å². The Hall–Kier alpha value is -2.89. The van der Waals surface area contributed by atoms with Crippen LogP contribution in [0.25, 0.3) is 11.1 Å². The number of nitrogens with zero attached hydrogens (tertiary/aromatic N) is 1. The van der Waals surface area contributed by atoms with E-state index in [1.54, 1.807) is 0 Å². The normalized spacial score (nSPS) is 13.2. The van der Waals surface area contributed by atoms with Crippen molar-refractivity contribution < 1.29 is 57.4 Å². The molecule has 0 fully saturated rings. The molecule has 3 aromatic rings. The van der Waals surface area contributed by atoms with E-state index < -0.39 is 28.1 Å². The van der Waals surface area contributed by atoms with Crippen LogP contribution >= 0.6 is 0 Å². The van der Waals surface area contributed by atoms with Crippen molar-refractivity contribution in [1.82, 2.24) is 9.62 Å². The molecule has 1 atom stereocenters. The zero-order valence-electron chi connectivity index (χ0n) is 24.3. The Morgan fingerprint density at radius 2 is 1.52 bits per heavy atom. The number of ether oxygens (including phenoxy) is 1. The van der Waals surface area contributed by atoms with Crippen molar-refractivity contribution in [2.45, 2.75) is 50.0 Å². The number of carbonyl (C=O) groups excluding carboxylic acids is 2. The van der Waals surface area contributed by atoms with Gasteiger partial charge < -0.3 is 25.7 Å². The molecule has 0 saturated heterocycles. The van der Waals surface area contributed by atoms with E-state index in [0.29, 0.717) is 18.5 Å². The van der Waals surface area contributed by atoms with Gasteiger partial charge in [-0.3, -0.25) is 0 Å². The molecule has 0 aromatic heterocycles. The molecule has 0 bridgehead atoms. The number of hydrogen-bond donors (Lipinski definition) is 2. The molecule has 1 amide bonds. The number of nitrogen functional groups attached to an aromatic ring is 1. The minimum Gasteiger partial charge on any atom is -0.548 e. The molecule has 0 spiro atoms. The van der Waals surface area contributed by atoms with Gasteiger partial charge in [-0.1, -0.05) is 62.4 Å². The Morgan fingerprint density at radius 1 is 0.952 bits per heavy atom. The maximum Gasteiger partial charge on any atom is 1.00 e. The van der Waals surface area contributed by atoms with E-state index in [4.69, 9.17) is 10.5 Å². The van der Waals surface area contributed by atoms with Crippen LogP contribution in [-0.4, -0.2) is 50.5 Å². The van der Waals surface area contributed by atoms with E-state index in [-0.39, 0.29) is 72.4 Å². The molecular formula is C31H36N3NaO6S. The van der Waals surface area contributed by atoms with E-state index >= 15 is 0 Å². The van der Waals surface area contributed by atoms with E-state index in [2.05, 4.69) is 17.4 Å². The average Bonchev–Trinajstić information content (AvgIpc) is 3.26. The van der Waals surface area contributed by atoms with Gasteiger partial charge in [0.05, 0.1) is 16.9 Å². The van der Waals surface area contributed by atoms with Gasteiger partial charge in [0.1, 0.15) is 6.61 Å². The van der Waals surface area contributed by atoms with Gasteiger partial charge in [-0.25, -0.2) is 13.2 Å². The second-order valence-electron chi connectivity index (χ2n) is 10.6. The van der Waals surface area contributed by atoms with Gasteiger partial charge in [-0.15, -0.1) is 0 Å². The monoisotopic (exact) mass is 601 g/mol. The third-order valence-electron chi connectivity index (χ3n) is 7.17. The number of aliphatic carboxylic acids is 1. The Morgan fingerprint density at radius 3 is 2.07 bits per heavy atom. The minimum absolute atomic E-state index is 0. The number of rotatable bonds is 13. The number of alkyl carbamates (subject to hydrolysis) is 1. The molecule has 0 saturated carbocycles. The Balaban J connectivity index is 0.00000484. The van der Waals surface area contributed by atoms with Gasteiger partial charge in [0, 0.05) is 24.7 Å². The SMILES string of the molecule is CC(C)CN([C@@H](CCCCNC(=O)OCC1c2ccccc2-c2ccccc21)C(=O)[O-])S(=O)(=O)c1ccc(N)cc1.[Na+]. The van der Waals surface area contributed by atoms with Gasteiger partial charge in [0.15, 0.2) is 0 Å². The van der Waals surface area contributed by atoms with Crippen molar-refractivity contribution in [3.63, 3.8) is 0 Å². The predicted octanol–water partition coefficient (Wildman–Crippen LogP) is 0.747. The van der Waals surface area contributed by atoms with Gasteiger partial charge in [-0.2, -0.15) is 4.31 Å². The molecule has 3 aromatic carbocycles. The zero-order chi connectivity index (χ0) is 29.6. The fraction of sp³-hybridized carbons (Fsp3) is 0.355. The number of anilines is 1. The van der Waals surface area contributed by atoms with Gasteiger partial charge in [0.25, 0.3) is 0 Å². The van der Waals surface area contributed by atoms with Crippen LogP contribution < -0.4 is 45.7 Å². The van der Waals surface area contributed by atoms with Gasteiger partial charge in [-0.05, 0) is 71.7 Å². The fourth-order valence-electron chi connectivity index (χ4n) is 5.21. The number of carbonyl (C=O) groups is 2. The summed E-state index contributed by atoms with van der Waals surface area (Å²) < 4.78 is 33.3. The quantitative estimate of drug-likeness (QED) is 0.167. The van der Waals surface area contributed by atoms with Crippen LogP contribution in [0, 0.1) is 5.92 Å². The van der Waals surface area contributed by atoms with Crippen LogP contribution in [0.5, 0.6) is 0 Å². The van der Waals surface area contributed by atoms with E-state index in [1.807, 2.05) is 50.2 Å². The smallest absolute Gasteiger partial charge is 0.548 e. The number of nitrogens with two attached hydrogens (primary N) is 1. The second-order valence-corrected chi connectivity index (χ2v) is 12.5. The Labute approximate surface area is 269 Å². The first-order valence-electron chi connectivity index (χ1n) is 13.8. The van der Waals surface area contributed by atoms with E-state index in [1.165, 1.54) is 24.3 Å². The number of fused-ring (bicyclic) bond motifs is 3. The van der Waals surface area contributed by atoms with E-state index in [0.717, 1.165) is 26.6 Å². The molecule has 1 aliphatic carbocycles. The summed E-state index contributed by atoms with van der Waals surface area (Å²) in [6, 6.07) is 20.5. The van der Waals surface area contributed by atoms with Crippen LogP contribution in [-0.2, 0) is 19.6 Å². The van der Waals surface area contributed by atoms with Crippen molar-refractivity contribution >= 4 is 27.8 Å². The largest absolute Gasteiger partial charge is 1.00 e. The minimum atomic E-state index is -4.10. The molecular weight excluding hydrogens is 565 g/mol. The molecule has 4 rings (SSSR count). The van der Waals surface area contributed by atoms with Gasteiger partial charge >= 0.3 is 35.7 Å². The van der Waals surface area contributed by atoms with Gasteiger partial charge in [0.2, 0.25) is 10.0 Å². The molecule has 42 heavy (non-hydrogen) atoms. The second kappa shape index (κ2) is 15.0. The van der Waals surface area contributed by atoms with Crippen LogP contribution in [0.3, 0.4) is 0 Å². The first-order valence-corrected chi connectivity index (χ1v) is 15.2. The summed E-state index contributed by atoms with van der Waals surface area (Å²) in [5.41, 5.74) is 10.6. The number of amides is 1. The summed E-state index contributed by atoms with van der Waals surface area (Å²) in [5.74, 6) is -1.63. The molecule has 0 heterocycles. The summed E-state index contributed by atoms with van der Waals surface area (Å²) in [6.45, 7) is 4.10. The maximum atomic E-state index is 13.4. The van der Waals surface area contributed by atoms with E-state index in [9.17, 15) is 23.1 Å². The standard InChI is InChI=1S/C31H37N3O6S.Na/c1-21(2)19-34(41(38,39)23-16-14-22(32)15-17-23)29(30(35)36)13-7-8-18-33-31(37)40-20-28-26-11-5-3-9-24(26)25-10-4-6-12-27(25)28;/h3-6,9-12,14-17,21,28-29H,7-8,13,18-20,32H2,1-2H3,(H,33,37)(H,35,36);/q;+1/p-1/t29-;/m0./s1. The number of sulfonamides is 1. The molecule has 1 aliphatic rings. The maximum absolute atomic E-state index is 13.4. The molecule has 0 aliphatic heterocycles. The first-order chi connectivity index (χ1) is 19.6. The summed E-state index contributed by atoms with van der Waals surface area (Å²) in [4.78, 5) is 24.5. The van der Waals surface area contributed by atoms with Crippen molar-refractivity contribution in [2.75, 3.05) is 25.4 Å². The third kappa shape index (κ3) is 7.93. The average molecular weight is 602 g/mol. The number of carboxylic acid groups (broad SMARTS) is 1. The number of unbranched alkanes of at least 4 members (excludes halogenated alkanes) is 1. The Kier molecular flexibility index (Phi) is 12.0. The topological polar surface area (TPSA) is 142 Å². The fourth-order valence-corrected chi connectivity index (χ4v) is 6.98. The Bertz CT molecular complexity index is 1430. The van der Waals surface area contributed by atoms with Crippen molar-refractivity contribution in [1.29, 1.82) is 0 Å². The van der Waals surface area contributed by atoms with Crippen molar-refractivity contribution in [3.8, 4) is 11.1 Å². The summed E-state index contributed by atoms with van der Waals surface area (Å²) >= 11 is 0. The number of nitrogens with one attached hydrogen (secondary N) is 1. The molecule has 218 valence electrons. The zero-order valence-corrected chi connectivity index (χ0v) is 27.1. The molecule has 3 N–H and O–H groups in total. The van der Waals surface area contributed by atoms with Crippen molar-refractivity contribution in [2.24, 2.45) is 5.92 Å². The predicted molar refractivity (Wildman–Crippen MR) is 155 cm³/mol. The summed E-state index contributed by atoms with van der Waals surface area (Å²) in [6.07, 6.45) is 0.269. The third-order valence-corrected chi connectivity index (χ3v) is 9.06.